The number of ether oxygens (including phenoxy) is 1. The van der Waals surface area contributed by atoms with E-state index in [4.69, 9.17) is 4.74 Å². The van der Waals surface area contributed by atoms with Crippen molar-refractivity contribution in [1.29, 1.82) is 0 Å². The van der Waals surface area contributed by atoms with Gasteiger partial charge in [-0.3, -0.25) is 4.79 Å². The molecular weight excluding hydrogens is 340 g/mol. The average molecular weight is 362 g/mol. The van der Waals surface area contributed by atoms with E-state index < -0.39 is 0 Å². The number of benzene rings is 2. The molecule has 0 unspecified atom stereocenters. The van der Waals surface area contributed by atoms with Gasteiger partial charge >= 0.3 is 0 Å². The van der Waals surface area contributed by atoms with Crippen molar-refractivity contribution in [3.8, 4) is 5.75 Å². The van der Waals surface area contributed by atoms with Gasteiger partial charge in [-0.15, -0.1) is 10.2 Å². The van der Waals surface area contributed by atoms with Gasteiger partial charge < -0.3 is 15.4 Å². The van der Waals surface area contributed by atoms with Crippen molar-refractivity contribution in [3.05, 3.63) is 77.0 Å². The predicted molar refractivity (Wildman–Crippen MR) is 106 cm³/mol. The molecule has 0 aliphatic heterocycles. The van der Waals surface area contributed by atoms with Crippen LogP contribution in [0.1, 0.15) is 27.2 Å². The first-order chi connectivity index (χ1) is 13.1. The Morgan fingerprint density at radius 1 is 1.04 bits per heavy atom. The second-order valence-electron chi connectivity index (χ2n) is 6.24. The minimum Gasteiger partial charge on any atom is -0.496 e. The van der Waals surface area contributed by atoms with Crippen LogP contribution in [0.15, 0.2) is 54.6 Å². The number of hydrogen-bond donors (Lipinski definition) is 2. The summed E-state index contributed by atoms with van der Waals surface area (Å²) in [5, 5.41) is 14.2. The lowest BCUT2D eigenvalue weighted by molar-refractivity contribution is 0.102. The number of nitrogens with one attached hydrogen (secondary N) is 2. The van der Waals surface area contributed by atoms with Gasteiger partial charge in [0.2, 0.25) is 0 Å². The van der Waals surface area contributed by atoms with E-state index in [2.05, 4.69) is 20.8 Å². The molecule has 0 radical (unpaired) electrons. The Balaban J connectivity index is 1.63. The van der Waals surface area contributed by atoms with Crippen LogP contribution < -0.4 is 15.4 Å². The molecule has 0 saturated heterocycles. The molecule has 1 amide bonds. The first kappa shape index (κ1) is 18.4. The average Bonchev–Trinajstić information content (AvgIpc) is 2.69. The Morgan fingerprint density at radius 3 is 2.56 bits per heavy atom. The molecule has 0 spiro atoms. The van der Waals surface area contributed by atoms with Crippen LogP contribution in [0.3, 0.4) is 0 Å². The molecule has 6 heteroatoms. The minimum atomic E-state index is -0.286. The van der Waals surface area contributed by atoms with E-state index in [1.807, 2.05) is 56.3 Å². The summed E-state index contributed by atoms with van der Waals surface area (Å²) in [6.07, 6.45) is 0. The summed E-state index contributed by atoms with van der Waals surface area (Å²) in [4.78, 5) is 12.4. The van der Waals surface area contributed by atoms with Crippen molar-refractivity contribution in [2.24, 2.45) is 0 Å². The molecule has 138 valence electrons. The molecule has 3 rings (SSSR count). The number of nitrogens with zero attached hydrogens (tertiary/aromatic N) is 2. The van der Waals surface area contributed by atoms with Crippen molar-refractivity contribution in [2.75, 3.05) is 17.7 Å². The van der Waals surface area contributed by atoms with Crippen LogP contribution in [-0.2, 0) is 6.54 Å². The van der Waals surface area contributed by atoms with Gasteiger partial charge in [0.1, 0.15) is 11.6 Å². The van der Waals surface area contributed by atoms with E-state index in [9.17, 15) is 4.79 Å². The number of para-hydroxylation sites is 1. The van der Waals surface area contributed by atoms with E-state index in [1.54, 1.807) is 19.2 Å². The topological polar surface area (TPSA) is 76.1 Å². The van der Waals surface area contributed by atoms with Crippen LogP contribution in [0.25, 0.3) is 0 Å². The largest absolute Gasteiger partial charge is 0.496 e. The number of rotatable bonds is 6. The SMILES string of the molecule is COc1ccccc1CNc1ccc(C(=O)Nc2ccc(C)cc2C)nn1. The fourth-order valence-corrected chi connectivity index (χ4v) is 2.72. The lowest BCUT2D eigenvalue weighted by atomic mass is 10.1. The van der Waals surface area contributed by atoms with Crippen LogP contribution in [0.4, 0.5) is 11.5 Å². The number of hydrogen-bond acceptors (Lipinski definition) is 5. The van der Waals surface area contributed by atoms with Crippen molar-refractivity contribution >= 4 is 17.4 Å². The Hall–Kier alpha value is -3.41. The van der Waals surface area contributed by atoms with Crippen LogP contribution in [0.5, 0.6) is 5.75 Å². The summed E-state index contributed by atoms with van der Waals surface area (Å²) < 4.78 is 5.33. The van der Waals surface area contributed by atoms with Gasteiger partial charge in [0.25, 0.3) is 5.91 Å². The quantitative estimate of drug-likeness (QED) is 0.694. The molecule has 0 aliphatic rings. The van der Waals surface area contributed by atoms with E-state index >= 15 is 0 Å². The number of methoxy groups -OCH3 is 1. The Kier molecular flexibility index (Phi) is 5.66. The second kappa shape index (κ2) is 8.31. The maximum absolute atomic E-state index is 12.4. The van der Waals surface area contributed by atoms with Gasteiger partial charge in [-0.2, -0.15) is 0 Å². The zero-order chi connectivity index (χ0) is 19.2. The molecule has 6 nitrogen and oxygen atoms in total. The Morgan fingerprint density at radius 2 is 1.85 bits per heavy atom. The summed E-state index contributed by atoms with van der Waals surface area (Å²) in [5.74, 6) is 1.11. The lowest BCUT2D eigenvalue weighted by Crippen LogP contribution is -2.15. The summed E-state index contributed by atoms with van der Waals surface area (Å²) >= 11 is 0. The van der Waals surface area contributed by atoms with Crippen molar-refractivity contribution in [3.63, 3.8) is 0 Å². The summed E-state index contributed by atoms with van der Waals surface area (Å²) in [7, 11) is 1.64. The molecular formula is C21H22N4O2. The fourth-order valence-electron chi connectivity index (χ4n) is 2.72. The third-order valence-corrected chi connectivity index (χ3v) is 4.18. The predicted octanol–water partition coefficient (Wildman–Crippen LogP) is 3.97. The molecule has 2 N–H and O–H groups in total. The molecule has 0 aliphatic carbocycles. The number of amides is 1. The molecule has 27 heavy (non-hydrogen) atoms. The van der Waals surface area contributed by atoms with Crippen LogP contribution >= 0.6 is 0 Å². The highest BCUT2D eigenvalue weighted by molar-refractivity contribution is 6.03. The van der Waals surface area contributed by atoms with E-state index in [0.717, 1.165) is 28.1 Å². The highest BCUT2D eigenvalue weighted by Crippen LogP contribution is 2.19. The molecule has 0 atom stereocenters. The van der Waals surface area contributed by atoms with Crippen LogP contribution in [-0.4, -0.2) is 23.2 Å². The fraction of sp³-hybridized carbons (Fsp3) is 0.190. The zero-order valence-electron chi connectivity index (χ0n) is 15.6. The summed E-state index contributed by atoms with van der Waals surface area (Å²) in [6, 6.07) is 17.0. The van der Waals surface area contributed by atoms with Crippen molar-refractivity contribution < 1.29 is 9.53 Å². The molecule has 0 bridgehead atoms. The summed E-state index contributed by atoms with van der Waals surface area (Å²) in [5.41, 5.74) is 4.20. The standard InChI is InChI=1S/C21H22N4O2/c1-14-8-9-17(15(2)12-14)23-21(26)18-10-11-20(25-24-18)22-13-16-6-4-5-7-19(16)27-3/h4-12H,13H2,1-3H3,(H,22,25)(H,23,26). The number of carbonyl (C=O) groups is 1. The van der Waals surface area contributed by atoms with E-state index in [-0.39, 0.29) is 11.6 Å². The van der Waals surface area contributed by atoms with Gasteiger partial charge in [-0.1, -0.05) is 35.9 Å². The number of aromatic nitrogens is 2. The Bertz CT molecular complexity index is 939. The zero-order valence-corrected chi connectivity index (χ0v) is 15.6. The normalized spacial score (nSPS) is 10.3. The smallest absolute Gasteiger partial charge is 0.276 e. The third kappa shape index (κ3) is 4.61. The highest BCUT2D eigenvalue weighted by atomic mass is 16.5. The van der Waals surface area contributed by atoms with E-state index in [0.29, 0.717) is 12.4 Å². The first-order valence-electron chi connectivity index (χ1n) is 8.65. The molecule has 1 heterocycles. The maximum Gasteiger partial charge on any atom is 0.276 e. The van der Waals surface area contributed by atoms with Gasteiger partial charge in [0, 0.05) is 17.8 Å². The minimum absolute atomic E-state index is 0.262. The van der Waals surface area contributed by atoms with Gasteiger partial charge in [-0.25, -0.2) is 0 Å². The summed E-state index contributed by atoms with van der Waals surface area (Å²) in [6.45, 7) is 4.52. The first-order valence-corrected chi connectivity index (χ1v) is 8.65. The third-order valence-electron chi connectivity index (χ3n) is 4.18. The Labute approximate surface area is 158 Å². The lowest BCUT2D eigenvalue weighted by Gasteiger charge is -2.10. The van der Waals surface area contributed by atoms with Gasteiger partial charge in [0.15, 0.2) is 5.69 Å². The van der Waals surface area contributed by atoms with Crippen LogP contribution in [0, 0.1) is 13.8 Å². The molecule has 1 aromatic heterocycles. The maximum atomic E-state index is 12.4. The monoisotopic (exact) mass is 362 g/mol. The molecule has 0 fully saturated rings. The van der Waals surface area contributed by atoms with Gasteiger partial charge in [0.05, 0.1) is 7.11 Å². The van der Waals surface area contributed by atoms with E-state index in [1.165, 1.54) is 0 Å². The molecule has 3 aromatic rings. The number of carbonyl (C=O) groups excluding carboxylic acids is 1. The number of anilines is 2. The molecule has 2 aromatic carbocycles. The number of aryl methyl sites for hydroxylation is 2. The molecule has 0 saturated carbocycles. The van der Waals surface area contributed by atoms with Crippen molar-refractivity contribution in [2.45, 2.75) is 20.4 Å². The van der Waals surface area contributed by atoms with Crippen LogP contribution in [0.2, 0.25) is 0 Å². The highest BCUT2D eigenvalue weighted by Gasteiger charge is 2.10. The van der Waals surface area contributed by atoms with Gasteiger partial charge in [-0.05, 0) is 43.7 Å². The second-order valence-corrected chi connectivity index (χ2v) is 6.24. The van der Waals surface area contributed by atoms with Crippen molar-refractivity contribution in [1.82, 2.24) is 10.2 Å².